The average Bonchev–Trinajstić information content (AvgIpc) is 3.39. The van der Waals surface area contributed by atoms with Crippen molar-refractivity contribution in [3.05, 3.63) is 71.8 Å². The van der Waals surface area contributed by atoms with Crippen molar-refractivity contribution in [3.8, 4) is 0 Å². The van der Waals surface area contributed by atoms with Gasteiger partial charge >= 0.3 is 6.09 Å². The number of epoxide rings is 1. The summed E-state index contributed by atoms with van der Waals surface area (Å²) in [6, 6.07) is 19.7. The van der Waals surface area contributed by atoms with Crippen molar-refractivity contribution < 1.29 is 14.3 Å². The van der Waals surface area contributed by atoms with Gasteiger partial charge in [0.25, 0.3) is 0 Å². The molecule has 0 aromatic heterocycles. The van der Waals surface area contributed by atoms with Crippen LogP contribution in [0.25, 0.3) is 0 Å². The quantitative estimate of drug-likeness (QED) is 0.834. The fraction of sp³-hybridized carbons (Fsp3) is 0.278. The van der Waals surface area contributed by atoms with Crippen LogP contribution in [0.1, 0.15) is 11.1 Å². The maximum atomic E-state index is 12.0. The van der Waals surface area contributed by atoms with Gasteiger partial charge in [-0.25, -0.2) is 4.79 Å². The molecule has 1 amide bonds. The highest BCUT2D eigenvalue weighted by atomic mass is 16.6. The van der Waals surface area contributed by atoms with E-state index in [4.69, 9.17) is 9.47 Å². The molecule has 0 spiro atoms. The van der Waals surface area contributed by atoms with Crippen molar-refractivity contribution in [2.45, 2.75) is 25.2 Å². The largest absolute Gasteiger partial charge is 0.445 e. The van der Waals surface area contributed by atoms with Crippen LogP contribution >= 0.6 is 0 Å². The van der Waals surface area contributed by atoms with Gasteiger partial charge in [-0.2, -0.15) is 0 Å². The first-order valence-corrected chi connectivity index (χ1v) is 7.44. The van der Waals surface area contributed by atoms with E-state index in [-0.39, 0.29) is 18.8 Å². The Hall–Kier alpha value is -2.33. The molecule has 1 fully saturated rings. The van der Waals surface area contributed by atoms with Crippen LogP contribution in [0.15, 0.2) is 60.7 Å². The fourth-order valence-corrected chi connectivity index (χ4v) is 2.35. The number of rotatable bonds is 6. The molecule has 114 valence electrons. The molecule has 0 radical (unpaired) electrons. The van der Waals surface area contributed by atoms with E-state index in [2.05, 4.69) is 5.32 Å². The minimum atomic E-state index is -0.403. The lowest BCUT2D eigenvalue weighted by atomic mass is 10.0. The Morgan fingerprint density at radius 1 is 1.09 bits per heavy atom. The van der Waals surface area contributed by atoms with Gasteiger partial charge in [-0.1, -0.05) is 60.7 Å². The second-order valence-corrected chi connectivity index (χ2v) is 5.37. The molecule has 1 aliphatic rings. The van der Waals surface area contributed by atoms with Crippen LogP contribution < -0.4 is 5.32 Å². The monoisotopic (exact) mass is 297 g/mol. The lowest BCUT2D eigenvalue weighted by molar-refractivity contribution is 0.133. The molecule has 4 heteroatoms. The van der Waals surface area contributed by atoms with Crippen LogP contribution in [-0.4, -0.2) is 24.8 Å². The molecule has 2 aromatic carbocycles. The van der Waals surface area contributed by atoms with E-state index in [1.807, 2.05) is 60.7 Å². The van der Waals surface area contributed by atoms with Gasteiger partial charge < -0.3 is 14.8 Å². The van der Waals surface area contributed by atoms with Crippen molar-refractivity contribution in [1.29, 1.82) is 0 Å². The average molecular weight is 297 g/mol. The molecule has 4 nitrogen and oxygen atoms in total. The van der Waals surface area contributed by atoms with Crippen molar-refractivity contribution in [3.63, 3.8) is 0 Å². The Kier molecular flexibility index (Phi) is 4.71. The first-order chi connectivity index (χ1) is 10.8. The van der Waals surface area contributed by atoms with E-state index in [1.54, 1.807) is 0 Å². The second-order valence-electron chi connectivity index (χ2n) is 5.37. The number of carbonyl (C=O) groups excluding carboxylic acids is 1. The minimum Gasteiger partial charge on any atom is -0.445 e. The van der Waals surface area contributed by atoms with Crippen LogP contribution in [-0.2, 0) is 22.5 Å². The van der Waals surface area contributed by atoms with Gasteiger partial charge in [0.15, 0.2) is 0 Å². The van der Waals surface area contributed by atoms with Crippen molar-refractivity contribution >= 4 is 6.09 Å². The number of alkyl carbamates (subject to hydrolysis) is 1. The third kappa shape index (κ3) is 4.33. The van der Waals surface area contributed by atoms with E-state index in [0.717, 1.165) is 12.0 Å². The molecule has 0 aliphatic carbocycles. The molecule has 1 saturated heterocycles. The number of nitrogens with one attached hydrogen (secondary N) is 1. The maximum Gasteiger partial charge on any atom is 0.407 e. The van der Waals surface area contributed by atoms with E-state index >= 15 is 0 Å². The molecule has 0 saturated carbocycles. The van der Waals surface area contributed by atoms with E-state index in [1.165, 1.54) is 5.56 Å². The normalized spacial score (nSPS) is 17.5. The smallest absolute Gasteiger partial charge is 0.407 e. The molecule has 22 heavy (non-hydrogen) atoms. The zero-order valence-electron chi connectivity index (χ0n) is 12.3. The molecule has 3 rings (SSSR count). The third-order valence-electron chi connectivity index (χ3n) is 3.62. The summed E-state index contributed by atoms with van der Waals surface area (Å²) in [6.07, 6.45) is 0.427. The van der Waals surface area contributed by atoms with Crippen LogP contribution in [0.3, 0.4) is 0 Å². The summed E-state index contributed by atoms with van der Waals surface area (Å²) in [6.45, 7) is 0.965. The highest BCUT2D eigenvalue weighted by molar-refractivity contribution is 5.67. The molecule has 0 bridgehead atoms. The third-order valence-corrected chi connectivity index (χ3v) is 3.62. The van der Waals surface area contributed by atoms with Gasteiger partial charge in [-0.15, -0.1) is 0 Å². The molecular formula is C18H19NO3. The summed E-state index contributed by atoms with van der Waals surface area (Å²) in [4.78, 5) is 12.0. The standard InChI is InChI=1S/C18H19NO3/c20-18(22-12-15-9-5-2-6-10-15)19-16(17-13-21-17)11-14-7-3-1-4-8-14/h1-10,16-17H,11-13H2,(H,19,20)/t16?,17-/m0/s1. The van der Waals surface area contributed by atoms with Crippen molar-refractivity contribution in [2.24, 2.45) is 0 Å². The Labute approximate surface area is 130 Å². The van der Waals surface area contributed by atoms with Gasteiger partial charge in [0.05, 0.1) is 12.6 Å². The molecule has 1 heterocycles. The Morgan fingerprint density at radius 2 is 1.68 bits per heavy atom. The highest BCUT2D eigenvalue weighted by Crippen LogP contribution is 2.18. The molecular weight excluding hydrogens is 278 g/mol. The summed E-state index contributed by atoms with van der Waals surface area (Å²) in [5.74, 6) is 0. The summed E-state index contributed by atoms with van der Waals surface area (Å²) < 4.78 is 10.6. The Balaban J connectivity index is 1.51. The van der Waals surface area contributed by atoms with Crippen LogP contribution in [0.4, 0.5) is 4.79 Å². The SMILES string of the molecule is O=C(NC(Cc1ccccc1)[C@@H]1CO1)OCc1ccccc1. The Bertz CT molecular complexity index is 596. The summed E-state index contributed by atoms with van der Waals surface area (Å²) in [7, 11) is 0. The Morgan fingerprint density at radius 3 is 2.27 bits per heavy atom. The topological polar surface area (TPSA) is 50.9 Å². The summed E-state index contributed by atoms with van der Waals surface area (Å²) >= 11 is 0. The van der Waals surface area contributed by atoms with Crippen molar-refractivity contribution in [2.75, 3.05) is 6.61 Å². The van der Waals surface area contributed by atoms with Gasteiger partial charge in [0.2, 0.25) is 0 Å². The molecule has 1 N–H and O–H groups in total. The van der Waals surface area contributed by atoms with Crippen LogP contribution in [0.2, 0.25) is 0 Å². The first kappa shape index (κ1) is 14.6. The lowest BCUT2D eigenvalue weighted by Crippen LogP contribution is -2.40. The van der Waals surface area contributed by atoms with E-state index in [9.17, 15) is 4.79 Å². The van der Waals surface area contributed by atoms with Crippen LogP contribution in [0.5, 0.6) is 0 Å². The predicted molar refractivity (Wildman–Crippen MR) is 83.4 cm³/mol. The summed E-state index contributed by atoms with van der Waals surface area (Å²) in [5.41, 5.74) is 2.14. The lowest BCUT2D eigenvalue weighted by Gasteiger charge is -2.16. The van der Waals surface area contributed by atoms with E-state index in [0.29, 0.717) is 6.61 Å². The number of benzene rings is 2. The number of hydrogen-bond acceptors (Lipinski definition) is 3. The first-order valence-electron chi connectivity index (χ1n) is 7.44. The van der Waals surface area contributed by atoms with Crippen molar-refractivity contribution in [1.82, 2.24) is 5.32 Å². The number of ether oxygens (including phenoxy) is 2. The summed E-state index contributed by atoms with van der Waals surface area (Å²) in [5, 5.41) is 2.91. The van der Waals surface area contributed by atoms with Gasteiger partial charge in [0, 0.05) is 0 Å². The molecule has 2 atom stereocenters. The molecule has 1 unspecified atom stereocenters. The van der Waals surface area contributed by atoms with Gasteiger partial charge in [-0.05, 0) is 17.5 Å². The van der Waals surface area contributed by atoms with Crippen LogP contribution in [0, 0.1) is 0 Å². The predicted octanol–water partition coefficient (Wildman–Crippen LogP) is 2.92. The number of hydrogen-bond donors (Lipinski definition) is 1. The molecule has 2 aromatic rings. The van der Waals surface area contributed by atoms with E-state index < -0.39 is 6.09 Å². The van der Waals surface area contributed by atoms with Gasteiger partial charge in [0.1, 0.15) is 12.7 Å². The maximum absolute atomic E-state index is 12.0. The van der Waals surface area contributed by atoms with Gasteiger partial charge in [-0.3, -0.25) is 0 Å². The number of carbonyl (C=O) groups is 1. The minimum absolute atomic E-state index is 0.0503. The number of amides is 1. The zero-order valence-corrected chi connectivity index (χ0v) is 12.3. The molecule has 1 aliphatic heterocycles. The highest BCUT2D eigenvalue weighted by Gasteiger charge is 2.34. The fourth-order valence-electron chi connectivity index (χ4n) is 2.35. The second kappa shape index (κ2) is 7.09. The zero-order chi connectivity index (χ0) is 15.2.